The lowest BCUT2D eigenvalue weighted by Gasteiger charge is -2.32. The summed E-state index contributed by atoms with van der Waals surface area (Å²) in [4.78, 5) is 43.2. The zero-order valence-corrected chi connectivity index (χ0v) is 14.6. The first-order valence-corrected chi connectivity index (χ1v) is 8.48. The summed E-state index contributed by atoms with van der Waals surface area (Å²) in [6.07, 6.45) is 0.778. The van der Waals surface area contributed by atoms with Crippen molar-refractivity contribution in [3.63, 3.8) is 0 Å². The van der Waals surface area contributed by atoms with Gasteiger partial charge in [0, 0.05) is 26.2 Å². The SMILES string of the molecule is O=CN1CCN(C(=O)c2cccc(C(=O)Nc3ccccc3Cl)n2)CC1. The molecule has 1 aliphatic heterocycles. The summed E-state index contributed by atoms with van der Waals surface area (Å²) in [6, 6.07) is 11.6. The van der Waals surface area contributed by atoms with E-state index in [0.29, 0.717) is 36.9 Å². The van der Waals surface area contributed by atoms with Gasteiger partial charge in [-0.1, -0.05) is 29.8 Å². The molecule has 0 aliphatic carbocycles. The average Bonchev–Trinajstić information content (AvgIpc) is 2.69. The van der Waals surface area contributed by atoms with Gasteiger partial charge in [0.2, 0.25) is 6.41 Å². The van der Waals surface area contributed by atoms with Gasteiger partial charge in [0.25, 0.3) is 11.8 Å². The third kappa shape index (κ3) is 4.00. The maximum absolute atomic E-state index is 12.6. The number of carbonyl (C=O) groups excluding carboxylic acids is 3. The van der Waals surface area contributed by atoms with E-state index in [2.05, 4.69) is 10.3 Å². The second-order valence-corrected chi connectivity index (χ2v) is 6.18. The van der Waals surface area contributed by atoms with Crippen molar-refractivity contribution in [2.45, 2.75) is 0 Å². The van der Waals surface area contributed by atoms with E-state index in [1.165, 1.54) is 6.07 Å². The highest BCUT2D eigenvalue weighted by molar-refractivity contribution is 6.33. The monoisotopic (exact) mass is 372 g/mol. The Balaban J connectivity index is 1.71. The fourth-order valence-corrected chi connectivity index (χ4v) is 2.80. The molecule has 1 fully saturated rings. The van der Waals surface area contributed by atoms with Crippen LogP contribution in [0.15, 0.2) is 42.5 Å². The van der Waals surface area contributed by atoms with Crippen LogP contribution in [-0.2, 0) is 4.79 Å². The van der Waals surface area contributed by atoms with Crippen LogP contribution < -0.4 is 5.32 Å². The Labute approximate surface area is 155 Å². The quantitative estimate of drug-likeness (QED) is 0.831. The van der Waals surface area contributed by atoms with E-state index in [1.807, 2.05) is 0 Å². The fourth-order valence-electron chi connectivity index (χ4n) is 2.62. The molecule has 2 aromatic rings. The lowest BCUT2D eigenvalue weighted by atomic mass is 10.2. The van der Waals surface area contributed by atoms with Crippen LogP contribution in [0.1, 0.15) is 21.0 Å². The molecule has 1 N–H and O–H groups in total. The Bertz CT molecular complexity index is 835. The van der Waals surface area contributed by atoms with Crippen LogP contribution in [0, 0.1) is 0 Å². The topological polar surface area (TPSA) is 82.6 Å². The molecule has 0 bridgehead atoms. The molecule has 26 heavy (non-hydrogen) atoms. The standard InChI is InChI=1S/C18H17ClN4O3/c19-13-4-1-2-5-14(13)21-17(25)15-6-3-7-16(20-15)18(26)23-10-8-22(12-24)9-11-23/h1-7,12H,8-11H2,(H,21,25). The number of carbonyl (C=O) groups is 3. The van der Waals surface area contributed by atoms with Crippen molar-refractivity contribution in [2.75, 3.05) is 31.5 Å². The third-order valence-electron chi connectivity index (χ3n) is 4.07. The van der Waals surface area contributed by atoms with E-state index >= 15 is 0 Å². The van der Waals surface area contributed by atoms with Crippen molar-refractivity contribution in [2.24, 2.45) is 0 Å². The summed E-state index contributed by atoms with van der Waals surface area (Å²) in [5.74, 6) is -0.707. The van der Waals surface area contributed by atoms with E-state index in [9.17, 15) is 14.4 Å². The number of nitrogens with zero attached hydrogens (tertiary/aromatic N) is 3. The van der Waals surface area contributed by atoms with Crippen LogP contribution in [0.25, 0.3) is 0 Å². The maximum atomic E-state index is 12.6. The molecule has 0 spiro atoms. The van der Waals surface area contributed by atoms with Crippen LogP contribution in [0.3, 0.4) is 0 Å². The van der Waals surface area contributed by atoms with Gasteiger partial charge in [0.05, 0.1) is 10.7 Å². The number of hydrogen-bond donors (Lipinski definition) is 1. The smallest absolute Gasteiger partial charge is 0.274 e. The Morgan fingerprint density at radius 1 is 1.00 bits per heavy atom. The molecule has 7 nitrogen and oxygen atoms in total. The lowest BCUT2D eigenvalue weighted by molar-refractivity contribution is -0.119. The largest absolute Gasteiger partial charge is 0.342 e. The summed E-state index contributed by atoms with van der Waals surface area (Å²) < 4.78 is 0. The number of amides is 3. The number of aromatic nitrogens is 1. The molecule has 1 saturated heterocycles. The number of nitrogens with one attached hydrogen (secondary N) is 1. The zero-order valence-electron chi connectivity index (χ0n) is 13.9. The van der Waals surface area contributed by atoms with Gasteiger partial charge in [-0.3, -0.25) is 14.4 Å². The molecule has 1 aromatic heterocycles. The first-order chi connectivity index (χ1) is 12.6. The first-order valence-electron chi connectivity index (χ1n) is 8.10. The van der Waals surface area contributed by atoms with Gasteiger partial charge < -0.3 is 15.1 Å². The Morgan fingerprint density at radius 3 is 2.38 bits per heavy atom. The Kier molecular flexibility index (Phi) is 5.48. The van der Waals surface area contributed by atoms with Gasteiger partial charge in [0.1, 0.15) is 11.4 Å². The number of pyridine rings is 1. The number of rotatable bonds is 4. The lowest BCUT2D eigenvalue weighted by Crippen LogP contribution is -2.48. The molecule has 0 unspecified atom stereocenters. The minimum Gasteiger partial charge on any atom is -0.342 e. The van der Waals surface area contributed by atoms with E-state index < -0.39 is 5.91 Å². The van der Waals surface area contributed by atoms with Crippen LogP contribution in [0.4, 0.5) is 5.69 Å². The summed E-state index contributed by atoms with van der Waals surface area (Å²) in [7, 11) is 0. The predicted molar refractivity (Wildman–Crippen MR) is 97.2 cm³/mol. The summed E-state index contributed by atoms with van der Waals surface area (Å²) in [5.41, 5.74) is 0.793. The fraction of sp³-hybridized carbons (Fsp3) is 0.222. The van der Waals surface area contributed by atoms with E-state index in [0.717, 1.165) is 6.41 Å². The number of piperazine rings is 1. The Morgan fingerprint density at radius 2 is 1.69 bits per heavy atom. The molecule has 134 valence electrons. The minimum atomic E-state index is -0.446. The highest BCUT2D eigenvalue weighted by atomic mass is 35.5. The van der Waals surface area contributed by atoms with E-state index in [4.69, 9.17) is 11.6 Å². The molecular formula is C18H17ClN4O3. The van der Waals surface area contributed by atoms with Gasteiger partial charge in [-0.05, 0) is 24.3 Å². The second-order valence-electron chi connectivity index (χ2n) is 5.78. The number of anilines is 1. The van der Waals surface area contributed by atoms with E-state index in [-0.39, 0.29) is 17.3 Å². The number of hydrogen-bond acceptors (Lipinski definition) is 4. The molecule has 0 radical (unpaired) electrons. The van der Waals surface area contributed by atoms with E-state index in [1.54, 1.807) is 46.2 Å². The Hall–Kier alpha value is -2.93. The van der Waals surface area contributed by atoms with Gasteiger partial charge in [-0.25, -0.2) is 4.98 Å². The zero-order chi connectivity index (χ0) is 18.5. The van der Waals surface area contributed by atoms with Gasteiger partial charge >= 0.3 is 0 Å². The molecule has 3 rings (SSSR count). The molecule has 2 heterocycles. The molecular weight excluding hydrogens is 356 g/mol. The molecule has 8 heteroatoms. The van der Waals surface area contributed by atoms with Crippen LogP contribution in [-0.4, -0.2) is 59.2 Å². The van der Waals surface area contributed by atoms with Gasteiger partial charge in [-0.15, -0.1) is 0 Å². The van der Waals surface area contributed by atoms with Gasteiger partial charge in [-0.2, -0.15) is 0 Å². The van der Waals surface area contributed by atoms with Crippen LogP contribution in [0.2, 0.25) is 5.02 Å². The molecule has 1 aliphatic rings. The highest BCUT2D eigenvalue weighted by Crippen LogP contribution is 2.21. The van der Waals surface area contributed by atoms with Crippen molar-refractivity contribution >= 4 is 35.5 Å². The van der Waals surface area contributed by atoms with Gasteiger partial charge in [0.15, 0.2) is 0 Å². The summed E-state index contributed by atoms with van der Waals surface area (Å²) in [6.45, 7) is 1.86. The minimum absolute atomic E-state index is 0.127. The average molecular weight is 373 g/mol. The van der Waals surface area contributed by atoms with Crippen molar-refractivity contribution in [1.82, 2.24) is 14.8 Å². The predicted octanol–water partition coefficient (Wildman–Crippen LogP) is 1.90. The van der Waals surface area contributed by atoms with Crippen molar-refractivity contribution in [1.29, 1.82) is 0 Å². The van der Waals surface area contributed by atoms with Crippen LogP contribution >= 0.6 is 11.6 Å². The number of halogens is 1. The first kappa shape index (κ1) is 17.9. The summed E-state index contributed by atoms with van der Waals surface area (Å²) in [5, 5.41) is 3.10. The molecule has 0 saturated carbocycles. The highest BCUT2D eigenvalue weighted by Gasteiger charge is 2.23. The molecule has 1 aromatic carbocycles. The van der Waals surface area contributed by atoms with Crippen molar-refractivity contribution in [3.8, 4) is 0 Å². The molecule has 3 amide bonds. The second kappa shape index (κ2) is 7.97. The van der Waals surface area contributed by atoms with Crippen molar-refractivity contribution in [3.05, 3.63) is 58.9 Å². The summed E-state index contributed by atoms with van der Waals surface area (Å²) >= 11 is 6.04. The van der Waals surface area contributed by atoms with Crippen molar-refractivity contribution < 1.29 is 14.4 Å². The molecule has 0 atom stereocenters. The number of benzene rings is 1. The maximum Gasteiger partial charge on any atom is 0.274 e. The van der Waals surface area contributed by atoms with Crippen LogP contribution in [0.5, 0.6) is 0 Å². The number of para-hydroxylation sites is 1. The third-order valence-corrected chi connectivity index (χ3v) is 4.40. The normalized spacial score (nSPS) is 14.0.